The van der Waals surface area contributed by atoms with Gasteiger partial charge in [-0.3, -0.25) is 18.8 Å². The van der Waals surface area contributed by atoms with Gasteiger partial charge in [-0.05, 0) is 0 Å². The summed E-state index contributed by atoms with van der Waals surface area (Å²) in [6.07, 6.45) is 0. The van der Waals surface area contributed by atoms with Crippen LogP contribution in [0.5, 0.6) is 0 Å². The lowest BCUT2D eigenvalue weighted by atomic mass is 10.4. The Morgan fingerprint density at radius 2 is 1.78 bits per heavy atom. The number of imidazole rings is 1. The molecule has 126 valence electrons. The van der Waals surface area contributed by atoms with Gasteiger partial charge in [-0.25, -0.2) is 4.79 Å². The van der Waals surface area contributed by atoms with Crippen LogP contribution in [0.1, 0.15) is 0 Å². The number of rotatable bonds is 4. The van der Waals surface area contributed by atoms with Crippen LogP contribution in [-0.4, -0.2) is 63.0 Å². The van der Waals surface area contributed by atoms with Crippen LogP contribution >= 0.6 is 0 Å². The molecule has 1 aliphatic rings. The first kappa shape index (κ1) is 15.8. The van der Waals surface area contributed by atoms with Crippen molar-refractivity contribution >= 4 is 17.1 Å². The summed E-state index contributed by atoms with van der Waals surface area (Å²) >= 11 is 0. The van der Waals surface area contributed by atoms with E-state index in [0.717, 1.165) is 37.4 Å². The fraction of sp³-hybridized carbons (Fsp3) is 0.643. The Morgan fingerprint density at radius 3 is 2.48 bits per heavy atom. The van der Waals surface area contributed by atoms with E-state index >= 15 is 0 Å². The van der Waals surface area contributed by atoms with E-state index in [1.165, 1.54) is 11.6 Å². The van der Waals surface area contributed by atoms with E-state index in [-0.39, 0.29) is 11.2 Å². The van der Waals surface area contributed by atoms with Gasteiger partial charge in [-0.2, -0.15) is 4.98 Å². The number of morpholine rings is 1. The highest BCUT2D eigenvalue weighted by Crippen LogP contribution is 2.12. The highest BCUT2D eigenvalue weighted by Gasteiger charge is 2.17. The lowest BCUT2D eigenvalue weighted by molar-refractivity contribution is 0.0398. The van der Waals surface area contributed by atoms with Gasteiger partial charge >= 0.3 is 5.69 Å². The van der Waals surface area contributed by atoms with Crippen molar-refractivity contribution in [2.45, 2.75) is 0 Å². The summed E-state index contributed by atoms with van der Waals surface area (Å²) in [5.74, 6) is 0.589. The molecule has 2 aromatic rings. The first-order valence-electron chi connectivity index (χ1n) is 7.67. The molecule has 23 heavy (non-hydrogen) atoms. The highest BCUT2D eigenvalue weighted by molar-refractivity contribution is 5.74. The van der Waals surface area contributed by atoms with Gasteiger partial charge in [0.1, 0.15) is 0 Å². The first-order valence-corrected chi connectivity index (χ1v) is 7.67. The number of fused-ring (bicyclic) bond motifs is 1. The SMILES string of the molecule is Cn1c(=O)c2c(nc(NCCN3CCOCC3)n2C)n(C)c1=O. The number of nitrogens with zero attached hydrogens (tertiary/aromatic N) is 5. The molecule has 0 radical (unpaired) electrons. The third kappa shape index (κ3) is 2.77. The van der Waals surface area contributed by atoms with Crippen molar-refractivity contribution < 1.29 is 4.74 Å². The van der Waals surface area contributed by atoms with Crippen molar-refractivity contribution in [1.29, 1.82) is 0 Å². The van der Waals surface area contributed by atoms with Crippen LogP contribution in [-0.2, 0) is 25.9 Å². The van der Waals surface area contributed by atoms with Crippen LogP contribution in [0.15, 0.2) is 9.59 Å². The summed E-state index contributed by atoms with van der Waals surface area (Å²) < 4.78 is 9.52. The second kappa shape index (κ2) is 6.17. The number of nitrogens with one attached hydrogen (secondary N) is 1. The minimum atomic E-state index is -0.375. The smallest absolute Gasteiger partial charge is 0.332 e. The maximum Gasteiger partial charge on any atom is 0.332 e. The van der Waals surface area contributed by atoms with E-state index in [2.05, 4.69) is 15.2 Å². The van der Waals surface area contributed by atoms with Crippen LogP contribution in [0.2, 0.25) is 0 Å². The predicted molar refractivity (Wildman–Crippen MR) is 86.9 cm³/mol. The average Bonchev–Trinajstić information content (AvgIpc) is 2.89. The fourth-order valence-electron chi connectivity index (χ4n) is 2.83. The molecular formula is C14H22N6O3. The van der Waals surface area contributed by atoms with Gasteiger partial charge in [0.05, 0.1) is 13.2 Å². The molecule has 1 saturated heterocycles. The molecule has 9 nitrogen and oxygen atoms in total. The van der Waals surface area contributed by atoms with Crippen molar-refractivity contribution in [2.75, 3.05) is 44.7 Å². The standard InChI is InChI=1S/C14H22N6O3/c1-17-10-11(18(2)14(22)19(3)12(10)21)16-13(17)15-4-5-20-6-8-23-9-7-20/h4-9H2,1-3H3,(H,15,16). The van der Waals surface area contributed by atoms with E-state index < -0.39 is 0 Å². The topological polar surface area (TPSA) is 86.3 Å². The molecule has 0 amide bonds. The van der Waals surface area contributed by atoms with Crippen LogP contribution in [0.4, 0.5) is 5.95 Å². The molecule has 9 heteroatoms. The summed E-state index contributed by atoms with van der Waals surface area (Å²) in [6.45, 7) is 4.99. The third-order valence-corrected chi connectivity index (χ3v) is 4.29. The van der Waals surface area contributed by atoms with E-state index in [1.807, 2.05) is 0 Å². The Hall–Kier alpha value is -2.13. The van der Waals surface area contributed by atoms with Gasteiger partial charge in [-0.1, -0.05) is 0 Å². The van der Waals surface area contributed by atoms with Crippen molar-refractivity contribution in [2.24, 2.45) is 21.1 Å². The zero-order valence-electron chi connectivity index (χ0n) is 13.7. The Bertz CT molecular complexity index is 828. The maximum absolute atomic E-state index is 12.3. The molecular weight excluding hydrogens is 300 g/mol. The summed E-state index contributed by atoms with van der Waals surface area (Å²) in [5.41, 5.74) is 0.109. The summed E-state index contributed by atoms with van der Waals surface area (Å²) in [6, 6.07) is 0. The minimum absolute atomic E-state index is 0.334. The van der Waals surface area contributed by atoms with Crippen molar-refractivity contribution in [3.63, 3.8) is 0 Å². The van der Waals surface area contributed by atoms with Gasteiger partial charge in [0.2, 0.25) is 5.95 Å². The molecule has 0 saturated carbocycles. The van der Waals surface area contributed by atoms with Gasteiger partial charge in [0, 0.05) is 47.3 Å². The molecule has 1 fully saturated rings. The molecule has 3 rings (SSSR count). The molecule has 0 spiro atoms. The van der Waals surface area contributed by atoms with Crippen molar-refractivity contribution in [3.8, 4) is 0 Å². The van der Waals surface area contributed by atoms with E-state index in [9.17, 15) is 9.59 Å². The molecule has 0 bridgehead atoms. The summed E-state index contributed by atoms with van der Waals surface area (Å²) in [7, 11) is 4.87. The quantitative estimate of drug-likeness (QED) is 0.754. The molecule has 0 unspecified atom stereocenters. The van der Waals surface area contributed by atoms with Crippen LogP contribution in [0, 0.1) is 0 Å². The number of anilines is 1. The molecule has 2 aromatic heterocycles. The van der Waals surface area contributed by atoms with E-state index in [0.29, 0.717) is 23.7 Å². The zero-order chi connectivity index (χ0) is 16.6. The predicted octanol–water partition coefficient (Wildman–Crippen LogP) is -1.29. The molecule has 3 heterocycles. The summed E-state index contributed by atoms with van der Waals surface area (Å²) in [4.78, 5) is 31.0. The van der Waals surface area contributed by atoms with Gasteiger partial charge < -0.3 is 14.6 Å². The second-order valence-electron chi connectivity index (χ2n) is 5.75. The number of hydrogen-bond acceptors (Lipinski definition) is 6. The molecule has 0 aliphatic carbocycles. The van der Waals surface area contributed by atoms with Crippen LogP contribution < -0.4 is 16.6 Å². The monoisotopic (exact) mass is 322 g/mol. The number of aromatic nitrogens is 4. The van der Waals surface area contributed by atoms with Crippen LogP contribution in [0.25, 0.3) is 11.2 Å². The van der Waals surface area contributed by atoms with E-state index in [1.54, 1.807) is 18.7 Å². The molecule has 1 aliphatic heterocycles. The number of aryl methyl sites for hydroxylation is 2. The second-order valence-corrected chi connectivity index (χ2v) is 5.75. The molecule has 0 atom stereocenters. The maximum atomic E-state index is 12.3. The Balaban J connectivity index is 1.83. The fourth-order valence-corrected chi connectivity index (χ4v) is 2.83. The normalized spacial score (nSPS) is 16.1. The Morgan fingerprint density at radius 1 is 1.09 bits per heavy atom. The van der Waals surface area contributed by atoms with Gasteiger partial charge in [0.25, 0.3) is 5.56 Å². The lowest BCUT2D eigenvalue weighted by Crippen LogP contribution is -2.39. The first-order chi connectivity index (χ1) is 11.0. The molecule has 0 aromatic carbocycles. The van der Waals surface area contributed by atoms with Gasteiger partial charge in [-0.15, -0.1) is 0 Å². The van der Waals surface area contributed by atoms with Gasteiger partial charge in [0.15, 0.2) is 11.2 Å². The zero-order valence-corrected chi connectivity index (χ0v) is 13.7. The Kier molecular flexibility index (Phi) is 4.22. The van der Waals surface area contributed by atoms with Crippen molar-refractivity contribution in [1.82, 2.24) is 23.6 Å². The third-order valence-electron chi connectivity index (χ3n) is 4.29. The van der Waals surface area contributed by atoms with Crippen molar-refractivity contribution in [3.05, 3.63) is 20.8 Å². The highest BCUT2D eigenvalue weighted by atomic mass is 16.5. The number of hydrogen-bond donors (Lipinski definition) is 1. The minimum Gasteiger partial charge on any atom is -0.379 e. The average molecular weight is 322 g/mol. The largest absolute Gasteiger partial charge is 0.379 e. The molecule has 1 N–H and O–H groups in total. The number of ether oxygens (including phenoxy) is 1. The van der Waals surface area contributed by atoms with Crippen LogP contribution in [0.3, 0.4) is 0 Å². The lowest BCUT2D eigenvalue weighted by Gasteiger charge is -2.26. The van der Waals surface area contributed by atoms with E-state index in [4.69, 9.17) is 4.74 Å². The Labute approximate surface area is 133 Å². The summed E-state index contributed by atoms with van der Waals surface area (Å²) in [5, 5.41) is 3.25.